The first-order chi connectivity index (χ1) is 8.55. The van der Waals surface area contributed by atoms with Gasteiger partial charge in [0, 0.05) is 18.8 Å². The minimum atomic E-state index is -5.80. The molecule has 5 nitrogen and oxygen atoms in total. The van der Waals surface area contributed by atoms with Gasteiger partial charge in [-0.2, -0.15) is 26.9 Å². The van der Waals surface area contributed by atoms with E-state index in [9.17, 15) is 26.7 Å². The van der Waals surface area contributed by atoms with Gasteiger partial charge in [0.05, 0.1) is 0 Å². The van der Waals surface area contributed by atoms with Crippen molar-refractivity contribution in [3.8, 4) is 0 Å². The molecule has 0 bridgehead atoms. The van der Waals surface area contributed by atoms with E-state index in [0.717, 1.165) is 10.8 Å². The summed E-state index contributed by atoms with van der Waals surface area (Å²) in [6, 6.07) is 0. The van der Waals surface area contributed by atoms with Gasteiger partial charge >= 0.3 is 12.1 Å². The van der Waals surface area contributed by atoms with E-state index >= 15 is 0 Å². The van der Waals surface area contributed by atoms with Crippen LogP contribution in [-0.4, -0.2) is 25.3 Å². The van der Waals surface area contributed by atoms with E-state index in [0.29, 0.717) is 4.52 Å². The SMILES string of the molecule is Cc1cn2nc(C(F)(F)C(F)(F)F)nc2n(C)c1=O. The maximum atomic E-state index is 13.1. The second-order valence-electron chi connectivity index (χ2n) is 3.93. The number of hydrogen-bond acceptors (Lipinski definition) is 3. The molecule has 2 rings (SSSR count). The Morgan fingerprint density at radius 3 is 2.32 bits per heavy atom. The Kier molecular flexibility index (Phi) is 2.65. The van der Waals surface area contributed by atoms with Crippen LogP contribution in [0.5, 0.6) is 0 Å². The lowest BCUT2D eigenvalue weighted by Gasteiger charge is -2.15. The minimum Gasteiger partial charge on any atom is -0.280 e. The number of rotatable bonds is 1. The highest BCUT2D eigenvalue weighted by Gasteiger charge is 2.61. The van der Waals surface area contributed by atoms with Crippen LogP contribution in [0.1, 0.15) is 11.4 Å². The molecule has 0 aliphatic carbocycles. The lowest BCUT2D eigenvalue weighted by molar-refractivity contribution is -0.292. The summed E-state index contributed by atoms with van der Waals surface area (Å²) in [6.07, 6.45) is -4.76. The van der Waals surface area contributed by atoms with Crippen molar-refractivity contribution >= 4 is 5.78 Å². The Labute approximate surface area is 102 Å². The van der Waals surface area contributed by atoms with Gasteiger partial charge in [0.1, 0.15) is 0 Å². The molecule has 0 atom stereocenters. The van der Waals surface area contributed by atoms with Gasteiger partial charge in [0.2, 0.25) is 11.6 Å². The Bertz CT molecular complexity index is 699. The molecule has 2 aromatic rings. The second kappa shape index (κ2) is 3.75. The molecule has 0 aromatic carbocycles. The summed E-state index contributed by atoms with van der Waals surface area (Å²) in [5, 5.41) is 3.09. The topological polar surface area (TPSA) is 52.2 Å². The van der Waals surface area contributed by atoms with E-state index in [1.807, 2.05) is 0 Å². The average molecular weight is 282 g/mol. The third kappa shape index (κ3) is 1.87. The van der Waals surface area contributed by atoms with Gasteiger partial charge < -0.3 is 0 Å². The second-order valence-corrected chi connectivity index (χ2v) is 3.93. The Hall–Kier alpha value is -2.00. The van der Waals surface area contributed by atoms with E-state index in [1.165, 1.54) is 14.0 Å². The molecule has 2 heterocycles. The molecule has 0 fully saturated rings. The smallest absolute Gasteiger partial charge is 0.280 e. The van der Waals surface area contributed by atoms with Crippen molar-refractivity contribution < 1.29 is 22.0 Å². The van der Waals surface area contributed by atoms with Gasteiger partial charge in [-0.25, -0.2) is 4.52 Å². The van der Waals surface area contributed by atoms with E-state index in [4.69, 9.17) is 0 Å². The summed E-state index contributed by atoms with van der Waals surface area (Å²) < 4.78 is 64.3. The van der Waals surface area contributed by atoms with Crippen LogP contribution < -0.4 is 5.56 Å². The predicted molar refractivity (Wildman–Crippen MR) is 52.9 cm³/mol. The van der Waals surface area contributed by atoms with Crippen LogP contribution in [0.25, 0.3) is 5.78 Å². The van der Waals surface area contributed by atoms with Crippen molar-refractivity contribution in [2.24, 2.45) is 7.05 Å². The van der Waals surface area contributed by atoms with Crippen molar-refractivity contribution in [2.45, 2.75) is 19.0 Å². The van der Waals surface area contributed by atoms with Gasteiger partial charge in [-0.3, -0.25) is 9.36 Å². The first-order valence-electron chi connectivity index (χ1n) is 4.93. The van der Waals surface area contributed by atoms with Gasteiger partial charge in [-0.05, 0) is 6.92 Å². The molecular formula is C9H7F5N4O. The van der Waals surface area contributed by atoms with Crippen molar-refractivity contribution in [3.63, 3.8) is 0 Å². The highest BCUT2D eigenvalue weighted by molar-refractivity contribution is 5.30. The molecule has 0 aliphatic heterocycles. The summed E-state index contributed by atoms with van der Waals surface area (Å²) >= 11 is 0. The van der Waals surface area contributed by atoms with Crippen LogP contribution in [0.15, 0.2) is 11.0 Å². The first-order valence-corrected chi connectivity index (χ1v) is 4.93. The molecule has 0 spiro atoms. The fraction of sp³-hybridized carbons (Fsp3) is 0.444. The zero-order valence-corrected chi connectivity index (χ0v) is 9.66. The predicted octanol–water partition coefficient (Wildman–Crippen LogP) is 1.39. The molecule has 0 N–H and O–H groups in total. The monoisotopic (exact) mass is 282 g/mol. The van der Waals surface area contributed by atoms with Crippen LogP contribution in [0.4, 0.5) is 22.0 Å². The molecular weight excluding hydrogens is 275 g/mol. The van der Waals surface area contributed by atoms with Gasteiger partial charge in [0.25, 0.3) is 5.56 Å². The van der Waals surface area contributed by atoms with E-state index in [-0.39, 0.29) is 5.56 Å². The number of alkyl halides is 5. The maximum absolute atomic E-state index is 13.1. The van der Waals surface area contributed by atoms with Crippen LogP contribution in [0.2, 0.25) is 0 Å². The number of fused-ring (bicyclic) bond motifs is 1. The van der Waals surface area contributed by atoms with Crippen molar-refractivity contribution in [1.29, 1.82) is 0 Å². The number of nitrogens with zero attached hydrogens (tertiary/aromatic N) is 4. The van der Waals surface area contributed by atoms with Gasteiger partial charge in [-0.15, -0.1) is 5.10 Å². The average Bonchev–Trinajstić information content (AvgIpc) is 2.69. The van der Waals surface area contributed by atoms with E-state index in [2.05, 4.69) is 10.1 Å². The number of halogens is 5. The number of aromatic nitrogens is 4. The maximum Gasteiger partial charge on any atom is 0.461 e. The lowest BCUT2D eigenvalue weighted by Crippen LogP contribution is -2.34. The highest BCUT2D eigenvalue weighted by Crippen LogP contribution is 2.42. The molecule has 2 aromatic heterocycles. The molecule has 10 heteroatoms. The lowest BCUT2D eigenvalue weighted by atomic mass is 10.3. The molecule has 0 radical (unpaired) electrons. The van der Waals surface area contributed by atoms with Crippen LogP contribution in [-0.2, 0) is 13.0 Å². The Balaban J connectivity index is 2.74. The van der Waals surface area contributed by atoms with Crippen LogP contribution >= 0.6 is 0 Å². The Morgan fingerprint density at radius 1 is 1.21 bits per heavy atom. The molecule has 0 unspecified atom stereocenters. The normalized spacial score (nSPS) is 13.2. The molecule has 0 amide bonds. The third-order valence-electron chi connectivity index (χ3n) is 2.51. The van der Waals surface area contributed by atoms with Gasteiger partial charge in [0.15, 0.2) is 0 Å². The van der Waals surface area contributed by atoms with E-state index in [1.54, 1.807) is 0 Å². The third-order valence-corrected chi connectivity index (χ3v) is 2.51. The van der Waals surface area contributed by atoms with E-state index < -0.39 is 29.3 Å². The summed E-state index contributed by atoms with van der Waals surface area (Å²) in [5.41, 5.74) is -0.413. The largest absolute Gasteiger partial charge is 0.461 e. The molecule has 104 valence electrons. The molecule has 0 saturated heterocycles. The van der Waals surface area contributed by atoms with Crippen LogP contribution in [0, 0.1) is 6.92 Å². The number of aryl methyl sites for hydroxylation is 2. The van der Waals surface area contributed by atoms with Gasteiger partial charge in [-0.1, -0.05) is 0 Å². The summed E-state index contributed by atoms with van der Waals surface area (Å²) in [5.74, 6) is -7.27. The summed E-state index contributed by atoms with van der Waals surface area (Å²) in [4.78, 5) is 14.6. The summed E-state index contributed by atoms with van der Waals surface area (Å²) in [7, 11) is 1.20. The van der Waals surface area contributed by atoms with Crippen molar-refractivity contribution in [1.82, 2.24) is 19.2 Å². The number of hydrogen-bond donors (Lipinski definition) is 0. The first kappa shape index (κ1) is 13.4. The summed E-state index contributed by atoms with van der Waals surface area (Å²) in [6.45, 7) is 1.38. The fourth-order valence-electron chi connectivity index (χ4n) is 1.48. The van der Waals surface area contributed by atoms with Crippen LogP contribution in [0.3, 0.4) is 0 Å². The zero-order valence-electron chi connectivity index (χ0n) is 9.66. The minimum absolute atomic E-state index is 0.141. The molecule has 0 aliphatic rings. The standard InChI is InChI=1S/C9H7F5N4O/c1-4-3-18-7(17(2)5(4)19)15-6(16-18)8(10,11)9(12,13)14/h3H,1-2H3. The fourth-order valence-corrected chi connectivity index (χ4v) is 1.48. The quantitative estimate of drug-likeness (QED) is 0.743. The van der Waals surface area contributed by atoms with Crippen molar-refractivity contribution in [2.75, 3.05) is 0 Å². The zero-order chi connectivity index (χ0) is 14.6. The Morgan fingerprint density at radius 2 is 1.79 bits per heavy atom. The van der Waals surface area contributed by atoms with Crippen molar-refractivity contribution in [3.05, 3.63) is 27.9 Å². The highest BCUT2D eigenvalue weighted by atomic mass is 19.4. The molecule has 0 saturated carbocycles. The molecule has 19 heavy (non-hydrogen) atoms.